The van der Waals surface area contributed by atoms with E-state index < -0.39 is 6.04 Å². The minimum atomic E-state index is -0.628. The van der Waals surface area contributed by atoms with Crippen molar-refractivity contribution >= 4 is 23.4 Å². The summed E-state index contributed by atoms with van der Waals surface area (Å²) in [5.41, 5.74) is 0.775. The van der Waals surface area contributed by atoms with Crippen LogP contribution in [0.25, 0.3) is 0 Å². The van der Waals surface area contributed by atoms with Gasteiger partial charge in [0.25, 0.3) is 5.91 Å². The van der Waals surface area contributed by atoms with Gasteiger partial charge in [0.15, 0.2) is 6.61 Å². The molecule has 168 valence electrons. The van der Waals surface area contributed by atoms with Gasteiger partial charge in [0.2, 0.25) is 5.91 Å². The van der Waals surface area contributed by atoms with Crippen molar-refractivity contribution in [2.75, 3.05) is 13.7 Å². The minimum absolute atomic E-state index is 0.0226. The van der Waals surface area contributed by atoms with Gasteiger partial charge >= 0.3 is 0 Å². The number of benzene rings is 2. The van der Waals surface area contributed by atoms with Gasteiger partial charge in [-0.1, -0.05) is 43.6 Å². The highest BCUT2D eigenvalue weighted by molar-refractivity contribution is 6.31. The van der Waals surface area contributed by atoms with E-state index in [-0.39, 0.29) is 31.0 Å². The van der Waals surface area contributed by atoms with E-state index in [0.717, 1.165) is 12.0 Å². The first-order chi connectivity index (χ1) is 14.9. The summed E-state index contributed by atoms with van der Waals surface area (Å²) in [6.45, 7) is 5.86. The minimum Gasteiger partial charge on any atom is -0.497 e. The van der Waals surface area contributed by atoms with Gasteiger partial charge in [-0.15, -0.1) is 0 Å². The van der Waals surface area contributed by atoms with Crippen molar-refractivity contribution in [1.82, 2.24) is 10.2 Å². The number of amides is 2. The number of carbonyl (C=O) groups is 2. The van der Waals surface area contributed by atoms with Gasteiger partial charge in [0.1, 0.15) is 17.5 Å². The SMILES string of the molecule is CCC(C)NC(=O)C(CC)N(Cc1ccccc1Cl)C(=O)COc1ccc(OC)cc1. The molecule has 6 nitrogen and oxygen atoms in total. The largest absolute Gasteiger partial charge is 0.497 e. The molecule has 1 N–H and O–H groups in total. The van der Waals surface area contributed by atoms with E-state index in [1.807, 2.05) is 39.0 Å². The Morgan fingerprint density at radius 1 is 1.03 bits per heavy atom. The molecule has 0 saturated carbocycles. The highest BCUT2D eigenvalue weighted by Crippen LogP contribution is 2.21. The summed E-state index contributed by atoms with van der Waals surface area (Å²) >= 11 is 6.33. The lowest BCUT2D eigenvalue weighted by Gasteiger charge is -2.31. The highest BCUT2D eigenvalue weighted by Gasteiger charge is 2.30. The number of hydrogen-bond acceptors (Lipinski definition) is 4. The van der Waals surface area contributed by atoms with Crippen LogP contribution >= 0.6 is 11.6 Å². The Labute approximate surface area is 189 Å². The van der Waals surface area contributed by atoms with Crippen LogP contribution < -0.4 is 14.8 Å². The Morgan fingerprint density at radius 3 is 2.26 bits per heavy atom. The Balaban J connectivity index is 2.20. The second kappa shape index (κ2) is 12.2. The van der Waals surface area contributed by atoms with Crippen LogP contribution in [0.5, 0.6) is 11.5 Å². The van der Waals surface area contributed by atoms with Crippen molar-refractivity contribution < 1.29 is 19.1 Å². The van der Waals surface area contributed by atoms with E-state index in [0.29, 0.717) is 22.9 Å². The molecular formula is C24H31ClN2O4. The van der Waals surface area contributed by atoms with E-state index in [9.17, 15) is 9.59 Å². The molecule has 0 aromatic heterocycles. The van der Waals surface area contributed by atoms with Crippen LogP contribution in [0.2, 0.25) is 5.02 Å². The van der Waals surface area contributed by atoms with Crippen LogP contribution in [0.3, 0.4) is 0 Å². The van der Waals surface area contributed by atoms with Gasteiger partial charge < -0.3 is 19.7 Å². The van der Waals surface area contributed by atoms with Gasteiger partial charge in [-0.05, 0) is 55.7 Å². The predicted molar refractivity (Wildman–Crippen MR) is 122 cm³/mol. The molecule has 0 aliphatic heterocycles. The molecule has 0 spiro atoms. The van der Waals surface area contributed by atoms with Crippen LogP contribution in [0.1, 0.15) is 39.2 Å². The summed E-state index contributed by atoms with van der Waals surface area (Å²) in [6, 6.07) is 13.7. The lowest BCUT2D eigenvalue weighted by atomic mass is 10.1. The summed E-state index contributed by atoms with van der Waals surface area (Å²) < 4.78 is 10.8. The first-order valence-corrected chi connectivity index (χ1v) is 10.9. The molecule has 2 aromatic rings. The third-order valence-electron chi connectivity index (χ3n) is 5.11. The average molecular weight is 447 g/mol. The Bertz CT molecular complexity index is 857. The standard InChI is InChI=1S/C24H31ClN2O4/c1-5-17(3)26-24(29)22(6-2)27(15-18-9-7-8-10-21(18)25)23(28)16-31-20-13-11-19(30-4)12-14-20/h7-14,17,22H,5-6,15-16H2,1-4H3,(H,26,29). The highest BCUT2D eigenvalue weighted by atomic mass is 35.5. The Kier molecular flexibility index (Phi) is 9.66. The number of ether oxygens (including phenoxy) is 2. The normalized spacial score (nSPS) is 12.5. The van der Waals surface area contributed by atoms with Crippen molar-refractivity contribution in [3.63, 3.8) is 0 Å². The Hall–Kier alpha value is -2.73. The number of rotatable bonds is 11. The smallest absolute Gasteiger partial charge is 0.261 e. The lowest BCUT2D eigenvalue weighted by Crippen LogP contribution is -2.51. The quantitative estimate of drug-likeness (QED) is 0.553. The molecule has 2 rings (SSSR count). The molecular weight excluding hydrogens is 416 g/mol. The van der Waals surface area contributed by atoms with Crippen LogP contribution in [0.4, 0.5) is 0 Å². The van der Waals surface area contributed by atoms with E-state index in [4.69, 9.17) is 21.1 Å². The molecule has 31 heavy (non-hydrogen) atoms. The second-order valence-corrected chi connectivity index (χ2v) is 7.73. The summed E-state index contributed by atoms with van der Waals surface area (Å²) in [5.74, 6) is 0.777. The number of methoxy groups -OCH3 is 1. The number of carbonyl (C=O) groups excluding carboxylic acids is 2. The molecule has 0 heterocycles. The molecule has 0 aliphatic carbocycles. The number of hydrogen-bond donors (Lipinski definition) is 1. The molecule has 0 bridgehead atoms. The lowest BCUT2D eigenvalue weighted by molar-refractivity contribution is -0.143. The predicted octanol–water partition coefficient (Wildman–Crippen LogP) is 4.45. The van der Waals surface area contributed by atoms with Crippen LogP contribution in [0.15, 0.2) is 48.5 Å². The molecule has 0 saturated heterocycles. The van der Waals surface area contributed by atoms with Gasteiger partial charge in [-0.3, -0.25) is 9.59 Å². The topological polar surface area (TPSA) is 67.9 Å². The van der Waals surface area contributed by atoms with Gasteiger partial charge in [0.05, 0.1) is 7.11 Å². The fraction of sp³-hybridized carbons (Fsp3) is 0.417. The average Bonchev–Trinajstić information content (AvgIpc) is 2.78. The zero-order valence-electron chi connectivity index (χ0n) is 18.6. The van der Waals surface area contributed by atoms with Crippen molar-refractivity contribution in [2.24, 2.45) is 0 Å². The first kappa shape index (κ1) is 24.5. The van der Waals surface area contributed by atoms with Crippen LogP contribution in [0, 0.1) is 0 Å². The summed E-state index contributed by atoms with van der Waals surface area (Å²) in [4.78, 5) is 27.6. The first-order valence-electron chi connectivity index (χ1n) is 10.5. The maximum Gasteiger partial charge on any atom is 0.261 e. The van der Waals surface area contributed by atoms with Crippen molar-refractivity contribution in [1.29, 1.82) is 0 Å². The fourth-order valence-corrected chi connectivity index (χ4v) is 3.27. The fourth-order valence-electron chi connectivity index (χ4n) is 3.07. The molecule has 7 heteroatoms. The molecule has 0 radical (unpaired) electrons. The van der Waals surface area contributed by atoms with E-state index >= 15 is 0 Å². The maximum absolute atomic E-state index is 13.2. The van der Waals surface area contributed by atoms with Crippen LogP contribution in [-0.2, 0) is 16.1 Å². The molecule has 2 unspecified atom stereocenters. The third-order valence-corrected chi connectivity index (χ3v) is 5.48. The molecule has 0 aliphatic rings. The summed E-state index contributed by atoms with van der Waals surface area (Å²) in [5, 5.41) is 3.53. The zero-order valence-corrected chi connectivity index (χ0v) is 19.3. The van der Waals surface area contributed by atoms with E-state index in [2.05, 4.69) is 5.32 Å². The van der Waals surface area contributed by atoms with E-state index in [1.54, 1.807) is 42.3 Å². The monoisotopic (exact) mass is 446 g/mol. The van der Waals surface area contributed by atoms with Crippen molar-refractivity contribution in [3.05, 3.63) is 59.1 Å². The molecule has 0 fully saturated rings. The summed E-state index contributed by atoms with van der Waals surface area (Å²) in [6.07, 6.45) is 1.28. The summed E-state index contributed by atoms with van der Waals surface area (Å²) in [7, 11) is 1.58. The van der Waals surface area contributed by atoms with Gasteiger partial charge in [0, 0.05) is 17.6 Å². The van der Waals surface area contributed by atoms with Crippen molar-refractivity contribution in [2.45, 2.75) is 52.2 Å². The molecule has 2 aromatic carbocycles. The van der Waals surface area contributed by atoms with Crippen molar-refractivity contribution in [3.8, 4) is 11.5 Å². The Morgan fingerprint density at radius 2 is 1.68 bits per heavy atom. The zero-order chi connectivity index (χ0) is 22.8. The van der Waals surface area contributed by atoms with E-state index in [1.165, 1.54) is 0 Å². The third kappa shape index (κ3) is 7.17. The van der Waals surface area contributed by atoms with Crippen LogP contribution in [-0.4, -0.2) is 42.5 Å². The number of halogens is 1. The van der Waals surface area contributed by atoms with Gasteiger partial charge in [-0.25, -0.2) is 0 Å². The molecule has 2 atom stereocenters. The maximum atomic E-state index is 13.2. The second-order valence-electron chi connectivity index (χ2n) is 7.32. The molecule has 2 amide bonds. The number of nitrogens with zero attached hydrogens (tertiary/aromatic N) is 1. The number of nitrogens with one attached hydrogen (secondary N) is 1. The van der Waals surface area contributed by atoms with Gasteiger partial charge in [-0.2, -0.15) is 0 Å².